The number of methoxy groups -OCH3 is 1. The molecule has 0 saturated carbocycles. The number of nitrogens with one attached hydrogen (secondary N) is 2. The summed E-state index contributed by atoms with van der Waals surface area (Å²) < 4.78 is 23.6. The van der Waals surface area contributed by atoms with E-state index < -0.39 is 23.6 Å². The van der Waals surface area contributed by atoms with E-state index in [1.165, 1.54) is 61.7 Å². The summed E-state index contributed by atoms with van der Waals surface area (Å²) in [6.07, 6.45) is 1.40. The second-order valence-electron chi connectivity index (χ2n) is 7.23. The first-order valence-corrected chi connectivity index (χ1v) is 11.2. The molecule has 0 aromatic heterocycles. The maximum atomic E-state index is 13.0. The minimum atomic E-state index is -0.628. The Balaban J connectivity index is 1.61. The Morgan fingerprint density at radius 2 is 1.64 bits per heavy atom. The van der Waals surface area contributed by atoms with Gasteiger partial charge in [0.2, 0.25) is 0 Å². The van der Waals surface area contributed by atoms with Crippen LogP contribution in [-0.4, -0.2) is 31.5 Å². The smallest absolute Gasteiger partial charge is 0.337 e. The highest BCUT2D eigenvalue weighted by Crippen LogP contribution is 2.27. The first-order valence-electron chi connectivity index (χ1n) is 10.4. The summed E-state index contributed by atoms with van der Waals surface area (Å²) in [7, 11) is 1.27. The van der Waals surface area contributed by atoms with Crippen LogP contribution in [0.3, 0.4) is 0 Å². The summed E-state index contributed by atoms with van der Waals surface area (Å²) in [5.41, 5.74) is 1.56. The van der Waals surface area contributed by atoms with E-state index in [1.807, 2.05) is 6.07 Å². The Morgan fingerprint density at radius 3 is 2.25 bits per heavy atom. The van der Waals surface area contributed by atoms with E-state index in [1.54, 1.807) is 18.2 Å². The molecule has 0 saturated heterocycles. The van der Waals surface area contributed by atoms with Crippen molar-refractivity contribution in [3.8, 4) is 11.8 Å². The number of nitriles is 1. The Morgan fingerprint density at radius 1 is 1.00 bits per heavy atom. The highest BCUT2D eigenvalue weighted by Gasteiger charge is 2.12. The molecule has 0 heterocycles. The third-order valence-corrected chi connectivity index (χ3v) is 5.30. The molecule has 0 aliphatic carbocycles. The van der Waals surface area contributed by atoms with Gasteiger partial charge in [0.05, 0.1) is 17.1 Å². The molecule has 10 heteroatoms. The molecule has 182 valence electrons. The number of nitrogens with zero attached hydrogens (tertiary/aromatic N) is 1. The van der Waals surface area contributed by atoms with Crippen molar-refractivity contribution in [3.63, 3.8) is 0 Å². The molecule has 0 radical (unpaired) electrons. The predicted octanol–water partition coefficient (Wildman–Crippen LogP) is 4.94. The maximum absolute atomic E-state index is 13.0. The van der Waals surface area contributed by atoms with Gasteiger partial charge in [-0.3, -0.25) is 9.59 Å². The molecule has 0 unspecified atom stereocenters. The third kappa shape index (κ3) is 7.25. The molecule has 8 nitrogen and oxygen atoms in total. The summed E-state index contributed by atoms with van der Waals surface area (Å²) in [6, 6.07) is 18.1. The molecular weight excluding hydrogens is 533 g/mol. The summed E-state index contributed by atoms with van der Waals surface area (Å²) >= 11 is 3.35. The number of rotatable bonds is 8. The number of hydrogen-bond donors (Lipinski definition) is 2. The zero-order valence-electron chi connectivity index (χ0n) is 18.9. The lowest BCUT2D eigenvalue weighted by Crippen LogP contribution is -2.20. The van der Waals surface area contributed by atoms with E-state index in [0.717, 1.165) is 0 Å². The number of ether oxygens (including phenoxy) is 2. The molecule has 0 aliphatic rings. The number of carbonyl (C=O) groups is 3. The van der Waals surface area contributed by atoms with Crippen LogP contribution < -0.4 is 15.4 Å². The van der Waals surface area contributed by atoms with Gasteiger partial charge >= 0.3 is 5.97 Å². The number of halogens is 2. The van der Waals surface area contributed by atoms with Gasteiger partial charge in [-0.25, -0.2) is 9.18 Å². The van der Waals surface area contributed by atoms with E-state index in [0.29, 0.717) is 32.7 Å². The predicted molar refractivity (Wildman–Crippen MR) is 135 cm³/mol. The highest BCUT2D eigenvalue weighted by molar-refractivity contribution is 9.10. The second-order valence-corrected chi connectivity index (χ2v) is 8.08. The van der Waals surface area contributed by atoms with Crippen LogP contribution >= 0.6 is 15.9 Å². The van der Waals surface area contributed by atoms with Gasteiger partial charge in [-0.1, -0.05) is 6.07 Å². The van der Waals surface area contributed by atoms with Gasteiger partial charge in [0, 0.05) is 11.4 Å². The van der Waals surface area contributed by atoms with Crippen molar-refractivity contribution in [2.75, 3.05) is 24.4 Å². The van der Waals surface area contributed by atoms with Crippen LogP contribution in [0.4, 0.5) is 15.8 Å². The normalized spacial score (nSPS) is 10.7. The number of benzene rings is 3. The van der Waals surface area contributed by atoms with Crippen molar-refractivity contribution in [2.45, 2.75) is 0 Å². The van der Waals surface area contributed by atoms with Crippen LogP contribution in [0.2, 0.25) is 0 Å². The minimum Gasteiger partial charge on any atom is -0.483 e. The zero-order chi connectivity index (χ0) is 26.1. The van der Waals surface area contributed by atoms with Crippen LogP contribution in [0.25, 0.3) is 6.08 Å². The lowest BCUT2D eigenvalue weighted by atomic mass is 10.1. The second kappa shape index (κ2) is 12.3. The van der Waals surface area contributed by atoms with Gasteiger partial charge in [-0.2, -0.15) is 5.26 Å². The van der Waals surface area contributed by atoms with Crippen LogP contribution in [0.15, 0.2) is 76.8 Å². The van der Waals surface area contributed by atoms with Gasteiger partial charge in [0.15, 0.2) is 6.61 Å². The highest BCUT2D eigenvalue weighted by atomic mass is 79.9. The van der Waals surface area contributed by atoms with Crippen LogP contribution in [0.5, 0.6) is 5.75 Å². The lowest BCUT2D eigenvalue weighted by molar-refractivity contribution is -0.118. The van der Waals surface area contributed by atoms with Crippen molar-refractivity contribution >= 4 is 51.2 Å². The van der Waals surface area contributed by atoms with Crippen molar-refractivity contribution in [3.05, 3.63) is 93.7 Å². The summed E-state index contributed by atoms with van der Waals surface area (Å²) in [5, 5.41) is 14.6. The summed E-state index contributed by atoms with van der Waals surface area (Å²) in [5.74, 6) is -1.60. The first kappa shape index (κ1) is 26.1. The third-order valence-electron chi connectivity index (χ3n) is 4.68. The van der Waals surface area contributed by atoms with Crippen molar-refractivity contribution in [2.24, 2.45) is 0 Å². The van der Waals surface area contributed by atoms with Gasteiger partial charge in [0.25, 0.3) is 11.8 Å². The fourth-order valence-corrected chi connectivity index (χ4v) is 3.43. The molecule has 0 spiro atoms. The molecule has 2 amide bonds. The molecular formula is C26H19BrFN3O5. The Labute approximate surface area is 214 Å². The number of amides is 2. The number of hydrogen-bond acceptors (Lipinski definition) is 6. The maximum Gasteiger partial charge on any atom is 0.337 e. The van der Waals surface area contributed by atoms with Crippen LogP contribution in [-0.2, 0) is 14.3 Å². The van der Waals surface area contributed by atoms with E-state index >= 15 is 0 Å². The van der Waals surface area contributed by atoms with Gasteiger partial charge < -0.3 is 20.1 Å². The summed E-state index contributed by atoms with van der Waals surface area (Å²) in [6.45, 7) is -0.286. The largest absolute Gasteiger partial charge is 0.483 e. The molecule has 3 aromatic rings. The zero-order valence-corrected chi connectivity index (χ0v) is 20.5. The number of esters is 1. The standard InChI is InChI=1S/C26H19BrFN3O5/c1-35-26(34)17-3-7-21(8-4-17)31-25(33)18(14-29)12-16-2-11-23(22(27)13-16)36-15-24(32)30-20-9-5-19(28)6-10-20/h2-13H,15H2,1H3,(H,30,32)(H,31,33)/b18-12-. The average Bonchev–Trinajstić information content (AvgIpc) is 2.88. The minimum absolute atomic E-state index is 0.147. The van der Waals surface area contributed by atoms with Crippen molar-refractivity contribution in [1.29, 1.82) is 5.26 Å². The van der Waals surface area contributed by atoms with E-state index in [2.05, 4.69) is 31.3 Å². The fraction of sp³-hybridized carbons (Fsp3) is 0.0769. The Hall–Kier alpha value is -4.49. The van der Waals surface area contributed by atoms with Gasteiger partial charge in [-0.05, 0) is 88.2 Å². The van der Waals surface area contributed by atoms with Crippen LogP contribution in [0.1, 0.15) is 15.9 Å². The SMILES string of the molecule is COC(=O)c1ccc(NC(=O)/C(C#N)=C\c2ccc(OCC(=O)Nc3ccc(F)cc3)c(Br)c2)cc1. The van der Waals surface area contributed by atoms with E-state index in [-0.39, 0.29) is 12.2 Å². The molecule has 0 atom stereocenters. The number of anilines is 2. The molecule has 0 fully saturated rings. The lowest BCUT2D eigenvalue weighted by Gasteiger charge is -2.10. The van der Waals surface area contributed by atoms with Crippen molar-refractivity contribution < 1.29 is 28.2 Å². The van der Waals surface area contributed by atoms with Crippen LogP contribution in [0, 0.1) is 17.1 Å². The summed E-state index contributed by atoms with van der Waals surface area (Å²) in [4.78, 5) is 36.1. The quantitative estimate of drug-likeness (QED) is 0.232. The molecule has 0 bridgehead atoms. The Kier molecular flexibility index (Phi) is 8.91. The van der Waals surface area contributed by atoms with E-state index in [4.69, 9.17) is 4.74 Å². The van der Waals surface area contributed by atoms with Crippen molar-refractivity contribution in [1.82, 2.24) is 0 Å². The van der Waals surface area contributed by atoms with Gasteiger partial charge in [0.1, 0.15) is 23.2 Å². The Bertz CT molecular complexity index is 1350. The average molecular weight is 552 g/mol. The first-order chi connectivity index (χ1) is 17.3. The molecule has 36 heavy (non-hydrogen) atoms. The molecule has 2 N–H and O–H groups in total. The monoisotopic (exact) mass is 551 g/mol. The van der Waals surface area contributed by atoms with E-state index in [9.17, 15) is 24.0 Å². The topological polar surface area (TPSA) is 118 Å². The number of carbonyl (C=O) groups excluding carboxylic acids is 3. The van der Waals surface area contributed by atoms with Gasteiger partial charge in [-0.15, -0.1) is 0 Å². The fourth-order valence-electron chi connectivity index (χ4n) is 2.92. The molecule has 0 aliphatic heterocycles. The molecule has 3 aromatic carbocycles. The molecule has 3 rings (SSSR count).